The van der Waals surface area contributed by atoms with E-state index in [4.69, 9.17) is 15.2 Å². The molecular formula is C15H31NO2. The first-order chi connectivity index (χ1) is 8.93. The third kappa shape index (κ3) is 8.90. The number of hydrogen-bond acceptors (Lipinski definition) is 3. The van der Waals surface area contributed by atoms with Crippen molar-refractivity contribution in [1.82, 2.24) is 0 Å². The summed E-state index contributed by atoms with van der Waals surface area (Å²) in [6, 6.07) is 0. The highest BCUT2D eigenvalue weighted by atomic mass is 16.7. The molecule has 0 radical (unpaired) electrons. The second-order valence-corrected chi connectivity index (χ2v) is 5.28. The SMILES string of the molecule is NCCCCCCCCCCOC1CCCCO1. The highest BCUT2D eigenvalue weighted by Gasteiger charge is 2.13. The average molecular weight is 257 g/mol. The lowest BCUT2D eigenvalue weighted by Crippen LogP contribution is -2.22. The molecule has 1 heterocycles. The van der Waals surface area contributed by atoms with Crippen LogP contribution in [0.15, 0.2) is 0 Å². The summed E-state index contributed by atoms with van der Waals surface area (Å²) in [6.45, 7) is 2.60. The third-order valence-electron chi connectivity index (χ3n) is 3.54. The van der Waals surface area contributed by atoms with Crippen LogP contribution in [0.4, 0.5) is 0 Å². The van der Waals surface area contributed by atoms with Crippen LogP contribution < -0.4 is 5.73 Å². The van der Waals surface area contributed by atoms with E-state index in [9.17, 15) is 0 Å². The minimum Gasteiger partial charge on any atom is -0.353 e. The lowest BCUT2D eigenvalue weighted by molar-refractivity contribution is -0.162. The van der Waals surface area contributed by atoms with Gasteiger partial charge in [-0.3, -0.25) is 0 Å². The maximum absolute atomic E-state index is 5.71. The van der Waals surface area contributed by atoms with Crippen molar-refractivity contribution < 1.29 is 9.47 Å². The van der Waals surface area contributed by atoms with Gasteiger partial charge in [0.2, 0.25) is 0 Å². The smallest absolute Gasteiger partial charge is 0.157 e. The van der Waals surface area contributed by atoms with Gasteiger partial charge in [0.1, 0.15) is 0 Å². The lowest BCUT2D eigenvalue weighted by Gasteiger charge is -2.22. The molecule has 0 spiro atoms. The highest BCUT2D eigenvalue weighted by Crippen LogP contribution is 2.14. The molecule has 3 nitrogen and oxygen atoms in total. The van der Waals surface area contributed by atoms with E-state index >= 15 is 0 Å². The first kappa shape index (κ1) is 15.9. The molecule has 0 bridgehead atoms. The number of rotatable bonds is 11. The summed E-state index contributed by atoms with van der Waals surface area (Å²) in [5, 5.41) is 0. The first-order valence-corrected chi connectivity index (χ1v) is 7.87. The van der Waals surface area contributed by atoms with Crippen molar-refractivity contribution in [3.8, 4) is 0 Å². The predicted molar refractivity (Wildman–Crippen MR) is 75.5 cm³/mol. The normalized spacial score (nSPS) is 20.2. The second kappa shape index (κ2) is 11.9. The summed E-state index contributed by atoms with van der Waals surface area (Å²) < 4.78 is 11.2. The summed E-state index contributed by atoms with van der Waals surface area (Å²) >= 11 is 0. The molecule has 1 saturated heterocycles. The van der Waals surface area contributed by atoms with Crippen LogP contribution in [0.2, 0.25) is 0 Å². The van der Waals surface area contributed by atoms with E-state index in [1.165, 1.54) is 64.2 Å². The molecule has 0 aliphatic carbocycles. The molecular weight excluding hydrogens is 226 g/mol. The number of ether oxygens (including phenoxy) is 2. The zero-order valence-electron chi connectivity index (χ0n) is 11.9. The van der Waals surface area contributed by atoms with Crippen molar-refractivity contribution in [2.24, 2.45) is 5.73 Å². The van der Waals surface area contributed by atoms with E-state index < -0.39 is 0 Å². The van der Waals surface area contributed by atoms with Crippen LogP contribution in [-0.4, -0.2) is 26.0 Å². The molecule has 1 rings (SSSR count). The van der Waals surface area contributed by atoms with Crippen LogP contribution >= 0.6 is 0 Å². The molecule has 2 N–H and O–H groups in total. The molecule has 1 atom stereocenters. The van der Waals surface area contributed by atoms with Crippen LogP contribution in [0.25, 0.3) is 0 Å². The van der Waals surface area contributed by atoms with Crippen LogP contribution in [0, 0.1) is 0 Å². The molecule has 1 unspecified atom stereocenters. The minimum atomic E-state index is 0.0926. The summed E-state index contributed by atoms with van der Waals surface area (Å²) in [5.74, 6) is 0. The lowest BCUT2D eigenvalue weighted by atomic mass is 10.1. The van der Waals surface area contributed by atoms with Gasteiger partial charge in [-0.25, -0.2) is 0 Å². The Hall–Kier alpha value is -0.120. The van der Waals surface area contributed by atoms with E-state index in [-0.39, 0.29) is 6.29 Å². The zero-order valence-corrected chi connectivity index (χ0v) is 11.9. The molecule has 0 aromatic carbocycles. The topological polar surface area (TPSA) is 44.5 Å². The second-order valence-electron chi connectivity index (χ2n) is 5.28. The van der Waals surface area contributed by atoms with E-state index in [0.717, 1.165) is 26.2 Å². The summed E-state index contributed by atoms with van der Waals surface area (Å²) in [7, 11) is 0. The number of nitrogens with two attached hydrogens (primary N) is 1. The summed E-state index contributed by atoms with van der Waals surface area (Å²) in [4.78, 5) is 0. The largest absolute Gasteiger partial charge is 0.353 e. The minimum absolute atomic E-state index is 0.0926. The van der Waals surface area contributed by atoms with Gasteiger partial charge in [0.15, 0.2) is 6.29 Å². The quantitative estimate of drug-likeness (QED) is 0.575. The molecule has 18 heavy (non-hydrogen) atoms. The van der Waals surface area contributed by atoms with E-state index in [0.29, 0.717) is 0 Å². The fourth-order valence-electron chi connectivity index (χ4n) is 2.36. The molecule has 0 aromatic rings. The van der Waals surface area contributed by atoms with E-state index in [1.807, 2.05) is 0 Å². The van der Waals surface area contributed by atoms with Gasteiger partial charge < -0.3 is 15.2 Å². The monoisotopic (exact) mass is 257 g/mol. The third-order valence-corrected chi connectivity index (χ3v) is 3.54. The van der Waals surface area contributed by atoms with E-state index in [1.54, 1.807) is 0 Å². The maximum Gasteiger partial charge on any atom is 0.157 e. The molecule has 3 heteroatoms. The van der Waals surface area contributed by atoms with Crippen molar-refractivity contribution in [3.63, 3.8) is 0 Å². The Balaban J connectivity index is 1.73. The molecule has 0 saturated carbocycles. The highest BCUT2D eigenvalue weighted by molar-refractivity contribution is 4.54. The van der Waals surface area contributed by atoms with Crippen molar-refractivity contribution >= 4 is 0 Å². The Morgan fingerprint density at radius 1 is 0.889 bits per heavy atom. The summed E-state index contributed by atoms with van der Waals surface area (Å²) in [6.07, 6.45) is 14.0. The average Bonchev–Trinajstić information content (AvgIpc) is 2.42. The molecule has 1 aliphatic heterocycles. The van der Waals surface area contributed by atoms with Crippen LogP contribution in [0.5, 0.6) is 0 Å². The van der Waals surface area contributed by atoms with Crippen LogP contribution in [0.1, 0.15) is 70.6 Å². The molecule has 1 aliphatic rings. The zero-order chi connectivity index (χ0) is 12.9. The van der Waals surface area contributed by atoms with Crippen molar-refractivity contribution in [2.45, 2.75) is 76.9 Å². The Morgan fingerprint density at radius 2 is 1.56 bits per heavy atom. The first-order valence-electron chi connectivity index (χ1n) is 7.87. The Kier molecular flexibility index (Phi) is 10.6. The van der Waals surface area contributed by atoms with Gasteiger partial charge in [0.25, 0.3) is 0 Å². The molecule has 0 amide bonds. The van der Waals surface area contributed by atoms with E-state index in [2.05, 4.69) is 0 Å². The number of unbranched alkanes of at least 4 members (excludes halogenated alkanes) is 7. The Labute approximate surface area is 112 Å². The van der Waals surface area contributed by atoms with Crippen molar-refractivity contribution in [1.29, 1.82) is 0 Å². The van der Waals surface area contributed by atoms with Gasteiger partial charge in [-0.05, 0) is 38.6 Å². The molecule has 108 valence electrons. The van der Waals surface area contributed by atoms with Gasteiger partial charge in [-0.2, -0.15) is 0 Å². The number of hydrogen-bond donors (Lipinski definition) is 1. The van der Waals surface area contributed by atoms with Gasteiger partial charge in [-0.1, -0.05) is 38.5 Å². The molecule has 0 aromatic heterocycles. The Bertz CT molecular complexity index is 170. The van der Waals surface area contributed by atoms with Gasteiger partial charge in [0, 0.05) is 13.2 Å². The molecule has 1 fully saturated rings. The predicted octanol–water partition coefficient (Wildman–Crippen LogP) is 3.61. The Morgan fingerprint density at radius 3 is 2.17 bits per heavy atom. The van der Waals surface area contributed by atoms with Gasteiger partial charge >= 0.3 is 0 Å². The fraction of sp³-hybridized carbons (Fsp3) is 1.00. The van der Waals surface area contributed by atoms with Gasteiger partial charge in [-0.15, -0.1) is 0 Å². The van der Waals surface area contributed by atoms with Crippen LogP contribution in [-0.2, 0) is 9.47 Å². The van der Waals surface area contributed by atoms with Crippen molar-refractivity contribution in [2.75, 3.05) is 19.8 Å². The standard InChI is InChI=1S/C15H31NO2/c16-12-8-5-3-1-2-4-6-9-13-17-15-11-7-10-14-18-15/h15H,1-14,16H2. The summed E-state index contributed by atoms with van der Waals surface area (Å²) in [5.41, 5.74) is 5.46. The van der Waals surface area contributed by atoms with Crippen LogP contribution in [0.3, 0.4) is 0 Å². The van der Waals surface area contributed by atoms with Gasteiger partial charge in [0.05, 0.1) is 0 Å². The maximum atomic E-state index is 5.71. The fourth-order valence-corrected chi connectivity index (χ4v) is 2.36. The van der Waals surface area contributed by atoms with Crippen molar-refractivity contribution in [3.05, 3.63) is 0 Å².